The van der Waals surface area contributed by atoms with Crippen molar-refractivity contribution in [1.29, 1.82) is 0 Å². The Kier molecular flexibility index (Phi) is 3.85. The lowest BCUT2D eigenvalue weighted by Crippen LogP contribution is -2.35. The highest BCUT2D eigenvalue weighted by Gasteiger charge is 2.46. The third-order valence-corrected chi connectivity index (χ3v) is 3.72. The van der Waals surface area contributed by atoms with E-state index < -0.39 is 17.9 Å². The van der Waals surface area contributed by atoms with Gasteiger partial charge in [0.05, 0.1) is 13.0 Å². The summed E-state index contributed by atoms with van der Waals surface area (Å²) in [5.74, 6) is -1.87. The van der Waals surface area contributed by atoms with Crippen molar-refractivity contribution in [2.75, 3.05) is 14.2 Å². The van der Waals surface area contributed by atoms with Gasteiger partial charge in [-0.15, -0.1) is 0 Å². The minimum atomic E-state index is -0.882. The number of carboxylic acids is 1. The van der Waals surface area contributed by atoms with Crippen LogP contribution in [0.4, 0.5) is 0 Å². The highest BCUT2D eigenvalue weighted by atomic mass is 16.5. The molecule has 5 nitrogen and oxygen atoms in total. The smallest absolute Gasteiger partial charge is 0.323 e. The topological polar surface area (TPSA) is 66.8 Å². The van der Waals surface area contributed by atoms with Crippen molar-refractivity contribution in [2.45, 2.75) is 18.5 Å². The zero-order valence-corrected chi connectivity index (χ0v) is 10.9. The largest absolute Gasteiger partial charge is 0.481 e. The fraction of sp³-hybridized carbons (Fsp3) is 0.429. The highest BCUT2D eigenvalue weighted by molar-refractivity contribution is 5.79. The van der Waals surface area contributed by atoms with Gasteiger partial charge in [0.25, 0.3) is 0 Å². The highest BCUT2D eigenvalue weighted by Crippen LogP contribution is 2.40. The number of nitrogens with zero attached hydrogens (tertiary/aromatic N) is 1. The fourth-order valence-corrected chi connectivity index (χ4v) is 2.77. The average Bonchev–Trinajstić information content (AvgIpc) is 2.77. The monoisotopic (exact) mass is 263 g/mol. The molecule has 1 heterocycles. The van der Waals surface area contributed by atoms with Gasteiger partial charge in [-0.05, 0) is 19.0 Å². The van der Waals surface area contributed by atoms with Crippen LogP contribution in [0.3, 0.4) is 0 Å². The van der Waals surface area contributed by atoms with Crippen molar-refractivity contribution in [3.63, 3.8) is 0 Å². The second kappa shape index (κ2) is 5.40. The number of ether oxygens (including phenoxy) is 1. The van der Waals surface area contributed by atoms with Gasteiger partial charge in [0.1, 0.15) is 6.04 Å². The molecule has 0 spiro atoms. The van der Waals surface area contributed by atoms with Crippen LogP contribution in [0, 0.1) is 5.92 Å². The van der Waals surface area contributed by atoms with Crippen molar-refractivity contribution < 1.29 is 19.4 Å². The lowest BCUT2D eigenvalue weighted by atomic mass is 9.93. The first kappa shape index (κ1) is 13.5. The first-order valence-corrected chi connectivity index (χ1v) is 6.13. The van der Waals surface area contributed by atoms with Crippen LogP contribution in [0.5, 0.6) is 0 Å². The molecule has 0 unspecified atom stereocenters. The van der Waals surface area contributed by atoms with E-state index in [1.54, 1.807) is 11.9 Å². The molecule has 0 aliphatic carbocycles. The van der Waals surface area contributed by atoms with Gasteiger partial charge in [-0.2, -0.15) is 0 Å². The molecule has 0 aromatic heterocycles. The molecule has 1 aromatic carbocycles. The molecule has 3 atom stereocenters. The first-order valence-electron chi connectivity index (χ1n) is 6.13. The number of aliphatic carboxylic acids is 1. The average molecular weight is 263 g/mol. The van der Waals surface area contributed by atoms with E-state index in [1.165, 1.54) is 7.11 Å². The van der Waals surface area contributed by atoms with Crippen LogP contribution in [0.2, 0.25) is 0 Å². The Balaban J connectivity index is 2.34. The van der Waals surface area contributed by atoms with Gasteiger partial charge < -0.3 is 9.84 Å². The molecular weight excluding hydrogens is 246 g/mol. The lowest BCUT2D eigenvalue weighted by molar-refractivity contribution is -0.145. The predicted molar refractivity (Wildman–Crippen MR) is 68.5 cm³/mol. The van der Waals surface area contributed by atoms with Crippen molar-refractivity contribution in [3.8, 4) is 0 Å². The summed E-state index contributed by atoms with van der Waals surface area (Å²) in [6.45, 7) is 0. The molecule has 1 fully saturated rings. The molecule has 0 saturated carbocycles. The third kappa shape index (κ3) is 2.46. The van der Waals surface area contributed by atoms with Gasteiger partial charge in [0, 0.05) is 6.04 Å². The van der Waals surface area contributed by atoms with Gasteiger partial charge in [-0.3, -0.25) is 14.5 Å². The summed E-state index contributed by atoms with van der Waals surface area (Å²) in [6, 6.07) is 8.58. The maximum atomic E-state index is 11.7. The molecule has 1 aliphatic rings. The van der Waals surface area contributed by atoms with E-state index in [-0.39, 0.29) is 18.4 Å². The molecule has 0 radical (unpaired) electrons. The third-order valence-electron chi connectivity index (χ3n) is 3.72. The number of carbonyl (C=O) groups excluding carboxylic acids is 1. The van der Waals surface area contributed by atoms with Crippen molar-refractivity contribution in [2.24, 2.45) is 5.92 Å². The normalized spacial score (nSPS) is 27.2. The van der Waals surface area contributed by atoms with E-state index in [2.05, 4.69) is 0 Å². The standard InChI is InChI=1S/C14H17NO4/c1-15-11(14(18)19-2)8-10(13(16)17)12(15)9-6-4-3-5-7-9/h3-7,10-12H,8H2,1-2H3,(H,16,17)/t10-,11+,12-/m0/s1. The summed E-state index contributed by atoms with van der Waals surface area (Å²) in [4.78, 5) is 24.9. The first-order chi connectivity index (χ1) is 9.06. The van der Waals surface area contributed by atoms with Crippen molar-refractivity contribution in [3.05, 3.63) is 35.9 Å². The van der Waals surface area contributed by atoms with E-state index in [0.29, 0.717) is 0 Å². The Bertz CT molecular complexity index is 474. The summed E-state index contributed by atoms with van der Waals surface area (Å²) in [7, 11) is 3.09. The Labute approximate surface area is 111 Å². The zero-order chi connectivity index (χ0) is 14.0. The molecule has 2 rings (SSSR count). The summed E-state index contributed by atoms with van der Waals surface area (Å²) in [5.41, 5.74) is 0.906. The SMILES string of the molecule is COC(=O)[C@H]1C[C@H](C(=O)O)[C@H](c2ccccc2)N1C. The molecule has 1 aromatic rings. The summed E-state index contributed by atoms with van der Waals surface area (Å²) >= 11 is 0. The number of hydrogen-bond donors (Lipinski definition) is 1. The predicted octanol–water partition coefficient (Wildman–Crippen LogP) is 1.31. The number of carboxylic acid groups (broad SMARTS) is 1. The molecule has 102 valence electrons. The molecule has 19 heavy (non-hydrogen) atoms. The van der Waals surface area contributed by atoms with Crippen LogP contribution in [0.1, 0.15) is 18.0 Å². The maximum Gasteiger partial charge on any atom is 0.323 e. The second-order valence-corrected chi connectivity index (χ2v) is 4.74. The van der Waals surface area contributed by atoms with E-state index >= 15 is 0 Å². The van der Waals surface area contributed by atoms with Gasteiger partial charge in [-0.1, -0.05) is 30.3 Å². The van der Waals surface area contributed by atoms with Crippen LogP contribution >= 0.6 is 0 Å². The van der Waals surface area contributed by atoms with E-state index in [4.69, 9.17) is 4.74 Å². The molecular formula is C14H17NO4. The lowest BCUT2D eigenvalue weighted by Gasteiger charge is -2.25. The van der Waals surface area contributed by atoms with Crippen LogP contribution in [0.25, 0.3) is 0 Å². The Hall–Kier alpha value is -1.88. The number of methoxy groups -OCH3 is 1. The van der Waals surface area contributed by atoms with Crippen LogP contribution < -0.4 is 0 Å². The van der Waals surface area contributed by atoms with Crippen LogP contribution in [-0.2, 0) is 14.3 Å². The Morgan fingerprint density at radius 3 is 2.47 bits per heavy atom. The van der Waals surface area contributed by atoms with E-state index in [0.717, 1.165) is 5.56 Å². The van der Waals surface area contributed by atoms with E-state index in [9.17, 15) is 14.7 Å². The molecule has 0 bridgehead atoms. The van der Waals surface area contributed by atoms with Gasteiger partial charge in [0.2, 0.25) is 0 Å². The number of rotatable bonds is 3. The number of carbonyl (C=O) groups is 2. The molecule has 5 heteroatoms. The van der Waals surface area contributed by atoms with Gasteiger partial charge in [-0.25, -0.2) is 0 Å². The molecule has 1 saturated heterocycles. The van der Waals surface area contributed by atoms with Crippen molar-refractivity contribution >= 4 is 11.9 Å². The number of likely N-dealkylation sites (N-methyl/N-ethyl adjacent to an activating group) is 1. The van der Waals surface area contributed by atoms with Crippen LogP contribution in [-0.4, -0.2) is 42.1 Å². The number of benzene rings is 1. The van der Waals surface area contributed by atoms with Crippen LogP contribution in [0.15, 0.2) is 30.3 Å². The summed E-state index contributed by atoms with van der Waals surface area (Å²) in [5, 5.41) is 9.36. The molecule has 1 N–H and O–H groups in total. The quantitative estimate of drug-likeness (QED) is 0.833. The van der Waals surface area contributed by atoms with Gasteiger partial charge >= 0.3 is 11.9 Å². The molecule has 1 aliphatic heterocycles. The minimum absolute atomic E-state index is 0.276. The number of hydrogen-bond acceptors (Lipinski definition) is 4. The maximum absolute atomic E-state index is 11.7. The number of esters is 1. The summed E-state index contributed by atoms with van der Waals surface area (Å²) in [6.07, 6.45) is 0.276. The minimum Gasteiger partial charge on any atom is -0.481 e. The zero-order valence-electron chi connectivity index (χ0n) is 10.9. The van der Waals surface area contributed by atoms with Crippen molar-refractivity contribution in [1.82, 2.24) is 4.90 Å². The molecule has 0 amide bonds. The Morgan fingerprint density at radius 1 is 1.32 bits per heavy atom. The van der Waals surface area contributed by atoms with Gasteiger partial charge in [0.15, 0.2) is 0 Å². The second-order valence-electron chi connectivity index (χ2n) is 4.74. The van der Waals surface area contributed by atoms with E-state index in [1.807, 2.05) is 30.3 Å². The Morgan fingerprint density at radius 2 is 1.95 bits per heavy atom. The summed E-state index contributed by atoms with van der Waals surface area (Å²) < 4.78 is 4.74. The fourth-order valence-electron chi connectivity index (χ4n) is 2.77. The number of likely N-dealkylation sites (tertiary alicyclic amines) is 1.